The summed E-state index contributed by atoms with van der Waals surface area (Å²) in [6, 6.07) is 0. The number of rotatable bonds is 5. The van der Waals surface area contributed by atoms with Gasteiger partial charge in [-0.2, -0.15) is 0 Å². The van der Waals surface area contributed by atoms with Gasteiger partial charge in [0.05, 0.1) is 0 Å². The average Bonchev–Trinajstić information content (AvgIpc) is 1.99. The van der Waals surface area contributed by atoms with E-state index in [2.05, 4.69) is 18.2 Å². The molecule has 2 atom stereocenters. The number of ether oxygens (including phenoxy) is 1. The second-order valence-electron chi connectivity index (χ2n) is 3.20. The molecule has 0 aromatic heterocycles. The lowest BCUT2D eigenvalue weighted by atomic mass is 9.98. The second kappa shape index (κ2) is 4.76. The summed E-state index contributed by atoms with van der Waals surface area (Å²) in [6.07, 6.45) is -1.42. The van der Waals surface area contributed by atoms with Crippen LogP contribution in [0.3, 0.4) is 0 Å². The highest BCUT2D eigenvalue weighted by atomic mass is 16.6. The van der Waals surface area contributed by atoms with Crippen LogP contribution in [0, 0.1) is 6.92 Å². The minimum atomic E-state index is -1.28. The van der Waals surface area contributed by atoms with E-state index in [1.54, 1.807) is 0 Å². The summed E-state index contributed by atoms with van der Waals surface area (Å²) in [5.41, 5.74) is 3.56. The van der Waals surface area contributed by atoms with Crippen molar-refractivity contribution in [2.75, 3.05) is 0 Å². The van der Waals surface area contributed by atoms with E-state index in [-0.39, 0.29) is 6.42 Å². The van der Waals surface area contributed by atoms with Crippen LogP contribution in [-0.2, 0) is 9.53 Å². The molecule has 0 aliphatic heterocycles. The van der Waals surface area contributed by atoms with E-state index in [0.29, 0.717) is 0 Å². The molecule has 0 saturated carbocycles. The van der Waals surface area contributed by atoms with E-state index < -0.39 is 23.6 Å². The molecule has 3 N–H and O–H groups in total. The van der Waals surface area contributed by atoms with Gasteiger partial charge in [0, 0.05) is 6.42 Å². The Labute approximate surface area is 82.5 Å². The number of hydrogen-bond donors (Lipinski definition) is 2. The van der Waals surface area contributed by atoms with Gasteiger partial charge in [-0.15, -0.1) is 0 Å². The lowest BCUT2D eigenvalue weighted by molar-refractivity contribution is -0.124. The standard InChI is InChI=1S/C9H14NO4/c1-4-6(11)7(12)5-9(2,3)14-8(10)13/h4,7,12H,1-2,5H2,3H3,(H2,10,13). The summed E-state index contributed by atoms with van der Waals surface area (Å²) >= 11 is 0. The Kier molecular flexibility index (Phi) is 4.30. The first-order valence-electron chi connectivity index (χ1n) is 3.96. The molecule has 0 saturated heterocycles. The van der Waals surface area contributed by atoms with E-state index in [9.17, 15) is 14.7 Å². The van der Waals surface area contributed by atoms with Gasteiger partial charge in [0.15, 0.2) is 5.78 Å². The first kappa shape index (κ1) is 12.6. The molecular weight excluding hydrogens is 186 g/mol. The van der Waals surface area contributed by atoms with E-state index >= 15 is 0 Å². The van der Waals surface area contributed by atoms with Gasteiger partial charge in [0.2, 0.25) is 0 Å². The molecule has 5 nitrogen and oxygen atoms in total. The Balaban J connectivity index is 4.27. The minimum absolute atomic E-state index is 0.124. The van der Waals surface area contributed by atoms with Crippen molar-refractivity contribution in [3.8, 4) is 0 Å². The molecule has 1 amide bonds. The molecule has 1 radical (unpaired) electrons. The van der Waals surface area contributed by atoms with E-state index in [1.807, 2.05) is 0 Å². The molecule has 0 rings (SSSR count). The van der Waals surface area contributed by atoms with Crippen LogP contribution in [0.4, 0.5) is 4.79 Å². The Bertz CT molecular complexity index is 247. The maximum absolute atomic E-state index is 10.9. The molecule has 2 unspecified atom stereocenters. The zero-order chi connectivity index (χ0) is 11.4. The quantitative estimate of drug-likeness (QED) is 0.619. The molecule has 79 valence electrons. The van der Waals surface area contributed by atoms with E-state index in [1.165, 1.54) is 6.92 Å². The Morgan fingerprint density at radius 2 is 2.21 bits per heavy atom. The highest BCUT2D eigenvalue weighted by molar-refractivity contribution is 5.92. The van der Waals surface area contributed by atoms with Gasteiger partial charge in [0.1, 0.15) is 11.7 Å². The molecular formula is C9H14NO4. The topological polar surface area (TPSA) is 89.6 Å². The first-order chi connectivity index (χ1) is 6.28. The molecule has 0 aliphatic rings. The monoisotopic (exact) mass is 200 g/mol. The molecule has 14 heavy (non-hydrogen) atoms. The van der Waals surface area contributed by atoms with Crippen LogP contribution in [0.5, 0.6) is 0 Å². The summed E-state index contributed by atoms with van der Waals surface area (Å²) in [6.45, 7) is 8.15. The number of hydrogen-bond acceptors (Lipinski definition) is 4. The summed E-state index contributed by atoms with van der Waals surface area (Å²) < 4.78 is 4.58. The van der Waals surface area contributed by atoms with Crippen molar-refractivity contribution in [3.05, 3.63) is 19.6 Å². The number of primary amides is 1. The predicted molar refractivity (Wildman–Crippen MR) is 50.3 cm³/mol. The number of nitrogens with two attached hydrogens (primary N) is 1. The van der Waals surface area contributed by atoms with Crippen LogP contribution in [0.15, 0.2) is 12.7 Å². The number of aliphatic hydroxyl groups excluding tert-OH is 1. The molecule has 0 aromatic carbocycles. The first-order valence-corrected chi connectivity index (χ1v) is 3.96. The fourth-order valence-corrected chi connectivity index (χ4v) is 0.930. The van der Waals surface area contributed by atoms with Crippen molar-refractivity contribution in [1.82, 2.24) is 0 Å². The van der Waals surface area contributed by atoms with Gasteiger partial charge in [-0.1, -0.05) is 6.58 Å². The van der Waals surface area contributed by atoms with Crippen LogP contribution in [0.25, 0.3) is 0 Å². The lowest BCUT2D eigenvalue weighted by Crippen LogP contribution is -2.37. The number of carbonyl (C=O) groups excluding carboxylic acids is 2. The van der Waals surface area contributed by atoms with Gasteiger partial charge in [-0.3, -0.25) is 4.79 Å². The van der Waals surface area contributed by atoms with Crippen molar-refractivity contribution in [2.45, 2.75) is 25.0 Å². The Morgan fingerprint density at radius 1 is 1.71 bits per heavy atom. The molecule has 0 aliphatic carbocycles. The maximum Gasteiger partial charge on any atom is 0.405 e. The summed E-state index contributed by atoms with van der Waals surface area (Å²) in [7, 11) is 0. The van der Waals surface area contributed by atoms with Gasteiger partial charge in [-0.25, -0.2) is 4.79 Å². The normalized spacial score (nSPS) is 13.1. The Morgan fingerprint density at radius 3 is 2.57 bits per heavy atom. The predicted octanol–water partition coefficient (Wildman–Crippen LogP) is 0.181. The van der Waals surface area contributed by atoms with Crippen molar-refractivity contribution in [1.29, 1.82) is 0 Å². The Hall–Kier alpha value is -1.36. The average molecular weight is 200 g/mol. The molecule has 5 heteroatoms. The molecule has 0 heterocycles. The highest BCUT2D eigenvalue weighted by Crippen LogP contribution is 2.16. The van der Waals surface area contributed by atoms with Gasteiger partial charge in [0.25, 0.3) is 0 Å². The van der Waals surface area contributed by atoms with Crippen LogP contribution in [0.1, 0.15) is 13.3 Å². The fraction of sp³-hybridized carbons (Fsp3) is 0.444. The van der Waals surface area contributed by atoms with Gasteiger partial charge < -0.3 is 15.6 Å². The zero-order valence-corrected chi connectivity index (χ0v) is 8.03. The molecule has 0 aromatic rings. The fourth-order valence-electron chi connectivity index (χ4n) is 0.930. The maximum atomic E-state index is 10.9. The van der Waals surface area contributed by atoms with Gasteiger partial charge in [-0.05, 0) is 19.9 Å². The third kappa shape index (κ3) is 4.61. The minimum Gasteiger partial charge on any atom is -0.443 e. The molecule has 0 fully saturated rings. The summed E-state index contributed by atoms with van der Waals surface area (Å²) in [5.74, 6) is -0.548. The van der Waals surface area contributed by atoms with Crippen LogP contribution < -0.4 is 5.73 Å². The number of amides is 1. The molecule has 0 spiro atoms. The number of ketones is 1. The van der Waals surface area contributed by atoms with Crippen LogP contribution in [-0.4, -0.2) is 28.7 Å². The largest absolute Gasteiger partial charge is 0.443 e. The molecule has 0 bridgehead atoms. The third-order valence-corrected chi connectivity index (χ3v) is 1.50. The summed E-state index contributed by atoms with van der Waals surface area (Å²) in [4.78, 5) is 21.3. The van der Waals surface area contributed by atoms with Crippen LogP contribution in [0.2, 0.25) is 0 Å². The second-order valence-corrected chi connectivity index (χ2v) is 3.20. The van der Waals surface area contributed by atoms with Gasteiger partial charge >= 0.3 is 6.09 Å². The third-order valence-electron chi connectivity index (χ3n) is 1.50. The van der Waals surface area contributed by atoms with Crippen molar-refractivity contribution >= 4 is 11.9 Å². The van der Waals surface area contributed by atoms with Crippen molar-refractivity contribution < 1.29 is 19.4 Å². The number of carbonyl (C=O) groups is 2. The van der Waals surface area contributed by atoms with Crippen molar-refractivity contribution in [3.63, 3.8) is 0 Å². The van der Waals surface area contributed by atoms with Crippen LogP contribution >= 0.6 is 0 Å². The van der Waals surface area contributed by atoms with E-state index in [0.717, 1.165) is 6.08 Å². The lowest BCUT2D eigenvalue weighted by Gasteiger charge is -2.25. The zero-order valence-electron chi connectivity index (χ0n) is 8.03. The SMILES string of the molecule is [CH2]C(C)(CC(O)C(=O)C=C)OC(N)=O. The highest BCUT2D eigenvalue weighted by Gasteiger charge is 2.28. The number of aliphatic hydroxyl groups is 1. The smallest absolute Gasteiger partial charge is 0.405 e. The summed E-state index contributed by atoms with van der Waals surface area (Å²) in [5, 5.41) is 9.27. The van der Waals surface area contributed by atoms with Crippen molar-refractivity contribution in [2.24, 2.45) is 5.73 Å². The van der Waals surface area contributed by atoms with E-state index in [4.69, 9.17) is 5.73 Å².